The minimum atomic E-state index is -0.206. The van der Waals surface area contributed by atoms with Crippen molar-refractivity contribution in [2.24, 2.45) is 0 Å². The standard InChI is InChI=1S/C16H19N3O2S2/c1-2-22-16-19-18-15(23-16)17-14(20)10-21-13-9-5-7-11-6-3-4-8-12(11)13/h5,7,9H,2-4,6,8,10H2,1H3,(H,17,18,20). The highest BCUT2D eigenvalue weighted by Gasteiger charge is 2.15. The van der Waals surface area contributed by atoms with Crippen molar-refractivity contribution in [1.29, 1.82) is 0 Å². The van der Waals surface area contributed by atoms with Gasteiger partial charge >= 0.3 is 0 Å². The number of ether oxygens (including phenoxy) is 1. The van der Waals surface area contributed by atoms with Crippen molar-refractivity contribution in [3.05, 3.63) is 29.3 Å². The van der Waals surface area contributed by atoms with Gasteiger partial charge < -0.3 is 4.74 Å². The average Bonchev–Trinajstić information content (AvgIpc) is 3.00. The second kappa shape index (κ2) is 7.79. The number of carbonyl (C=O) groups excluding carboxylic acids is 1. The van der Waals surface area contributed by atoms with Gasteiger partial charge in [-0.3, -0.25) is 10.1 Å². The van der Waals surface area contributed by atoms with Crippen molar-refractivity contribution in [1.82, 2.24) is 10.2 Å². The molecule has 0 radical (unpaired) electrons. The molecule has 0 bridgehead atoms. The zero-order valence-electron chi connectivity index (χ0n) is 13.0. The van der Waals surface area contributed by atoms with E-state index in [1.807, 2.05) is 12.1 Å². The number of rotatable bonds is 6. The monoisotopic (exact) mass is 349 g/mol. The summed E-state index contributed by atoms with van der Waals surface area (Å²) < 4.78 is 6.59. The van der Waals surface area contributed by atoms with E-state index in [-0.39, 0.29) is 12.5 Å². The van der Waals surface area contributed by atoms with Crippen LogP contribution in [0.3, 0.4) is 0 Å². The highest BCUT2D eigenvalue weighted by Crippen LogP contribution is 2.29. The molecule has 1 aliphatic carbocycles. The lowest BCUT2D eigenvalue weighted by molar-refractivity contribution is -0.118. The Morgan fingerprint density at radius 3 is 3.09 bits per heavy atom. The summed E-state index contributed by atoms with van der Waals surface area (Å²) >= 11 is 2.99. The molecule has 0 saturated carbocycles. The second-order valence-electron chi connectivity index (χ2n) is 5.24. The summed E-state index contributed by atoms with van der Waals surface area (Å²) in [7, 11) is 0. The van der Waals surface area contributed by atoms with Crippen LogP contribution < -0.4 is 10.1 Å². The summed E-state index contributed by atoms with van der Waals surface area (Å²) in [5.74, 6) is 1.56. The minimum Gasteiger partial charge on any atom is -0.483 e. The van der Waals surface area contributed by atoms with Gasteiger partial charge in [0.15, 0.2) is 10.9 Å². The van der Waals surface area contributed by atoms with Crippen LogP contribution in [0.5, 0.6) is 5.75 Å². The Morgan fingerprint density at radius 2 is 2.22 bits per heavy atom. The zero-order valence-corrected chi connectivity index (χ0v) is 14.6. The number of hydrogen-bond acceptors (Lipinski definition) is 6. The largest absolute Gasteiger partial charge is 0.483 e. The number of carbonyl (C=O) groups is 1. The van der Waals surface area contributed by atoms with E-state index in [1.54, 1.807) is 11.8 Å². The summed E-state index contributed by atoms with van der Waals surface area (Å²) in [4.78, 5) is 12.0. The first-order valence-corrected chi connectivity index (χ1v) is 9.56. The number of fused-ring (bicyclic) bond motifs is 1. The van der Waals surface area contributed by atoms with Crippen LogP contribution >= 0.6 is 23.1 Å². The first-order chi connectivity index (χ1) is 11.3. The molecule has 1 aromatic heterocycles. The maximum Gasteiger partial charge on any atom is 0.264 e. The van der Waals surface area contributed by atoms with Gasteiger partial charge in [0, 0.05) is 0 Å². The average molecular weight is 349 g/mol. The minimum absolute atomic E-state index is 0.00765. The van der Waals surface area contributed by atoms with Gasteiger partial charge in [0.2, 0.25) is 5.13 Å². The summed E-state index contributed by atoms with van der Waals surface area (Å²) in [6.07, 6.45) is 4.54. The fourth-order valence-corrected chi connectivity index (χ4v) is 4.29. The molecule has 5 nitrogen and oxygen atoms in total. The van der Waals surface area contributed by atoms with Crippen LogP contribution in [0.25, 0.3) is 0 Å². The van der Waals surface area contributed by atoms with Crippen molar-refractivity contribution in [2.45, 2.75) is 36.9 Å². The Kier molecular flexibility index (Phi) is 5.51. The molecule has 0 spiro atoms. The molecule has 1 heterocycles. The third kappa shape index (κ3) is 4.23. The van der Waals surface area contributed by atoms with E-state index in [2.05, 4.69) is 28.5 Å². The molecule has 0 unspecified atom stereocenters. The highest BCUT2D eigenvalue weighted by atomic mass is 32.2. The topological polar surface area (TPSA) is 64.1 Å². The lowest BCUT2D eigenvalue weighted by Gasteiger charge is -2.19. The third-order valence-electron chi connectivity index (χ3n) is 3.63. The fraction of sp³-hybridized carbons (Fsp3) is 0.438. The van der Waals surface area contributed by atoms with Crippen LogP contribution in [0.1, 0.15) is 30.9 Å². The molecule has 1 aliphatic rings. The Morgan fingerprint density at radius 1 is 1.35 bits per heavy atom. The van der Waals surface area contributed by atoms with Crippen LogP contribution in [0.4, 0.5) is 5.13 Å². The van der Waals surface area contributed by atoms with Gasteiger partial charge in [-0.05, 0) is 48.6 Å². The molecule has 23 heavy (non-hydrogen) atoms. The number of thioether (sulfide) groups is 1. The van der Waals surface area contributed by atoms with Crippen molar-refractivity contribution in [3.63, 3.8) is 0 Å². The molecule has 1 aromatic carbocycles. The van der Waals surface area contributed by atoms with Crippen molar-refractivity contribution < 1.29 is 9.53 Å². The van der Waals surface area contributed by atoms with E-state index in [0.717, 1.165) is 28.7 Å². The molecule has 3 rings (SSSR count). The maximum absolute atomic E-state index is 12.0. The van der Waals surface area contributed by atoms with E-state index in [0.29, 0.717) is 5.13 Å². The molecule has 1 amide bonds. The predicted octanol–water partition coefficient (Wildman–Crippen LogP) is 3.55. The Labute approximate surface area is 143 Å². The number of anilines is 1. The molecule has 1 N–H and O–H groups in total. The van der Waals surface area contributed by atoms with Gasteiger partial charge in [0.05, 0.1) is 0 Å². The van der Waals surface area contributed by atoms with Gasteiger partial charge in [0.25, 0.3) is 5.91 Å². The van der Waals surface area contributed by atoms with Crippen molar-refractivity contribution in [2.75, 3.05) is 17.7 Å². The summed E-state index contributed by atoms with van der Waals surface area (Å²) in [6.45, 7) is 2.05. The normalized spacial score (nSPS) is 13.4. The molecular weight excluding hydrogens is 330 g/mol. The van der Waals surface area contributed by atoms with Gasteiger partial charge in [0.1, 0.15) is 5.75 Å². The smallest absolute Gasteiger partial charge is 0.264 e. The van der Waals surface area contributed by atoms with Crippen LogP contribution in [0, 0.1) is 0 Å². The first-order valence-electron chi connectivity index (χ1n) is 7.76. The number of amides is 1. The predicted molar refractivity (Wildman–Crippen MR) is 93.5 cm³/mol. The summed E-state index contributed by atoms with van der Waals surface area (Å²) in [5, 5.41) is 11.2. The SMILES string of the molecule is CCSc1nnc(NC(=O)COc2cccc3c2CCCC3)s1. The van der Waals surface area contributed by atoms with Crippen molar-refractivity contribution in [3.8, 4) is 5.75 Å². The van der Waals surface area contributed by atoms with Crippen molar-refractivity contribution >= 4 is 34.1 Å². The van der Waals surface area contributed by atoms with Crippen LogP contribution in [-0.4, -0.2) is 28.5 Å². The molecule has 0 aliphatic heterocycles. The highest BCUT2D eigenvalue weighted by molar-refractivity contribution is 8.01. The lowest BCUT2D eigenvalue weighted by atomic mass is 9.91. The molecule has 0 atom stereocenters. The fourth-order valence-electron chi connectivity index (χ4n) is 2.62. The van der Waals surface area contributed by atoms with E-state index in [9.17, 15) is 4.79 Å². The summed E-state index contributed by atoms with van der Waals surface area (Å²) in [5.41, 5.74) is 2.60. The second-order valence-corrected chi connectivity index (χ2v) is 7.73. The molecule has 0 saturated heterocycles. The Bertz CT molecular complexity index is 688. The number of nitrogens with one attached hydrogen (secondary N) is 1. The van der Waals surface area contributed by atoms with E-state index in [1.165, 1.54) is 35.3 Å². The Balaban J connectivity index is 1.56. The summed E-state index contributed by atoms with van der Waals surface area (Å²) in [6, 6.07) is 6.09. The van der Waals surface area contributed by atoms with Gasteiger partial charge in [-0.15, -0.1) is 10.2 Å². The molecule has 2 aromatic rings. The number of nitrogens with zero attached hydrogens (tertiary/aromatic N) is 2. The van der Waals surface area contributed by atoms with Crippen LogP contribution in [-0.2, 0) is 17.6 Å². The maximum atomic E-state index is 12.0. The molecule has 7 heteroatoms. The lowest BCUT2D eigenvalue weighted by Crippen LogP contribution is -2.20. The zero-order chi connectivity index (χ0) is 16.1. The Hall–Kier alpha value is -1.60. The van der Waals surface area contributed by atoms with Crippen LogP contribution in [0.2, 0.25) is 0 Å². The molecular formula is C16H19N3O2S2. The van der Waals surface area contributed by atoms with Crippen LogP contribution in [0.15, 0.2) is 22.5 Å². The number of aromatic nitrogens is 2. The number of aryl methyl sites for hydroxylation is 1. The number of hydrogen-bond donors (Lipinski definition) is 1. The third-order valence-corrected chi connectivity index (χ3v) is 5.49. The first kappa shape index (κ1) is 16.3. The molecule has 122 valence electrons. The van der Waals surface area contributed by atoms with E-state index >= 15 is 0 Å². The molecule has 0 fully saturated rings. The van der Waals surface area contributed by atoms with Gasteiger partial charge in [-0.1, -0.05) is 42.2 Å². The van der Waals surface area contributed by atoms with E-state index < -0.39 is 0 Å². The van der Waals surface area contributed by atoms with Gasteiger partial charge in [-0.2, -0.15) is 0 Å². The number of benzene rings is 1. The van der Waals surface area contributed by atoms with Gasteiger partial charge in [-0.25, -0.2) is 0 Å². The van der Waals surface area contributed by atoms with E-state index in [4.69, 9.17) is 4.74 Å². The quantitative estimate of drug-likeness (QED) is 0.638.